The van der Waals surface area contributed by atoms with Crippen molar-refractivity contribution < 1.29 is 82.6 Å². The molecule has 5 amide bonds. The number of alkyl halides is 3. The van der Waals surface area contributed by atoms with Gasteiger partial charge in [0.1, 0.15) is 47.9 Å². The van der Waals surface area contributed by atoms with Gasteiger partial charge in [-0.1, -0.05) is 113 Å². The van der Waals surface area contributed by atoms with E-state index in [2.05, 4.69) is 60.8 Å². The van der Waals surface area contributed by atoms with E-state index in [-0.39, 0.29) is 90.9 Å². The van der Waals surface area contributed by atoms with Gasteiger partial charge in [-0.2, -0.15) is 18.3 Å². The molecular weight excluding hydrogens is 1850 g/mol. The maximum atomic E-state index is 13.4. The zero-order valence-electron chi connectivity index (χ0n) is 78.5. The number of ether oxygens (including phenoxy) is 2. The van der Waals surface area contributed by atoms with E-state index >= 15 is 0 Å². The van der Waals surface area contributed by atoms with Crippen molar-refractivity contribution in [3.8, 4) is 23.0 Å². The summed E-state index contributed by atoms with van der Waals surface area (Å²) in [4.78, 5) is 171. The Morgan fingerprint density at radius 2 is 0.972 bits per heavy atom. The number of nitrogens with one attached hydrogen (secondary N) is 7. The van der Waals surface area contributed by atoms with E-state index in [4.69, 9.17) is 40.6 Å². The number of pyridine rings is 1. The molecule has 7 aromatic heterocycles. The van der Waals surface area contributed by atoms with Crippen molar-refractivity contribution in [2.75, 3.05) is 13.7 Å². The third-order valence-electron chi connectivity index (χ3n) is 22.2. The average Bonchev–Trinajstić information content (AvgIpc) is 1.62. The fourth-order valence-electron chi connectivity index (χ4n) is 14.8. The van der Waals surface area contributed by atoms with Gasteiger partial charge in [0, 0.05) is 71.2 Å². The first-order valence-electron chi connectivity index (χ1n) is 43.9. The van der Waals surface area contributed by atoms with E-state index in [0.717, 1.165) is 45.5 Å². The zero-order valence-corrected chi connectivity index (χ0v) is 78.5. The minimum atomic E-state index is -4.46. The van der Waals surface area contributed by atoms with Crippen LogP contribution in [-0.4, -0.2) is 143 Å². The number of H-pyrrole nitrogens is 2. The summed E-state index contributed by atoms with van der Waals surface area (Å²) in [6.45, 7) is 16.8. The fraction of sp³-hybridized carbons (Fsp3) is 0.196. The molecule has 0 spiro atoms. The molecule has 0 aliphatic rings. The molecule has 17 rings (SSSR count). The highest BCUT2D eigenvalue weighted by molar-refractivity contribution is 6.02. The van der Waals surface area contributed by atoms with Crippen molar-refractivity contribution in [2.24, 2.45) is 13.0 Å². The number of hydroxylamine groups is 5. The Bertz CT molecular complexity index is 8090. The van der Waals surface area contributed by atoms with Crippen LogP contribution in [0.4, 0.5) is 13.2 Å². The van der Waals surface area contributed by atoms with Crippen LogP contribution in [-0.2, 0) is 57.8 Å². The number of fused-ring (bicyclic) bond motifs is 6. The van der Waals surface area contributed by atoms with Crippen molar-refractivity contribution in [2.45, 2.75) is 106 Å². The second-order valence-electron chi connectivity index (χ2n) is 33.8. The van der Waals surface area contributed by atoms with Gasteiger partial charge >= 0.3 is 6.18 Å². The molecule has 0 radical (unpaired) electrons. The number of carbonyl (C=O) groups excluding carboxylic acids is 6. The van der Waals surface area contributed by atoms with Gasteiger partial charge in [0.2, 0.25) is 0 Å². The first-order valence-corrected chi connectivity index (χ1v) is 43.9. The first-order chi connectivity index (χ1) is 68.2. The molecule has 0 aliphatic carbocycles. The maximum absolute atomic E-state index is 13.4. The maximum Gasteiger partial charge on any atom is 0.416 e. The summed E-state index contributed by atoms with van der Waals surface area (Å²) in [5.41, 5.74) is 14.0. The molecule has 0 fully saturated rings. The van der Waals surface area contributed by atoms with E-state index in [1.165, 1.54) is 117 Å². The van der Waals surface area contributed by atoms with Crippen LogP contribution >= 0.6 is 0 Å². The molecule has 0 saturated carbocycles. The molecule has 13 N–H and O–H groups in total. The van der Waals surface area contributed by atoms with Gasteiger partial charge in [-0.3, -0.25) is 102 Å². The molecule has 10 aromatic carbocycles. The summed E-state index contributed by atoms with van der Waals surface area (Å²) in [6, 6.07) is 58.1. The highest BCUT2D eigenvalue weighted by atomic mass is 19.4. The molecule has 0 unspecified atom stereocenters. The second kappa shape index (κ2) is 46.3. The van der Waals surface area contributed by atoms with Crippen LogP contribution in [0.25, 0.3) is 76.8 Å². The molecule has 736 valence electrons. The number of Topliss-reactive ketones (excluding diaryl/α,β-unsaturated/α-hetero) is 1. The molecule has 0 aliphatic heterocycles. The van der Waals surface area contributed by atoms with Gasteiger partial charge in [-0.05, 0) is 205 Å². The van der Waals surface area contributed by atoms with Crippen LogP contribution in [0.5, 0.6) is 11.5 Å². The topological polar surface area (TPSA) is 538 Å². The number of nitrogens with zero attached hydrogens (tertiary/aromatic N) is 11. The number of methoxy groups -OCH3 is 1. The van der Waals surface area contributed by atoms with Gasteiger partial charge in [-0.15, -0.1) is 0 Å². The summed E-state index contributed by atoms with van der Waals surface area (Å²) in [5, 5.41) is 59.6. The molecule has 7 heterocycles. The number of halogens is 3. The molecule has 143 heavy (non-hydrogen) atoms. The van der Waals surface area contributed by atoms with Gasteiger partial charge in [0.05, 0.1) is 93.1 Å². The molecule has 41 heteroatoms. The molecular formula is C102H97F3N18O20. The normalized spacial score (nSPS) is 11.1. The molecule has 17 aromatic rings. The van der Waals surface area contributed by atoms with Gasteiger partial charge in [0.25, 0.3) is 62.9 Å². The van der Waals surface area contributed by atoms with Crippen LogP contribution in [0.1, 0.15) is 155 Å². The number of rotatable bonds is 21. The molecule has 38 nitrogen and oxygen atoms in total. The summed E-state index contributed by atoms with van der Waals surface area (Å²) in [6.07, 6.45) is 0.971. The number of hydrogen-bond acceptors (Lipinski definition) is 26. The van der Waals surface area contributed by atoms with Crippen molar-refractivity contribution in [1.29, 1.82) is 0 Å². The lowest BCUT2D eigenvalue weighted by Gasteiger charge is -2.19. The summed E-state index contributed by atoms with van der Waals surface area (Å²) >= 11 is 0. The van der Waals surface area contributed by atoms with E-state index in [1.54, 1.807) is 100 Å². The van der Waals surface area contributed by atoms with E-state index in [9.17, 15) is 70.7 Å². The van der Waals surface area contributed by atoms with Crippen LogP contribution in [0.15, 0.2) is 266 Å². The first kappa shape index (κ1) is 104. The Labute approximate surface area is 808 Å². The van der Waals surface area contributed by atoms with Crippen LogP contribution in [0.3, 0.4) is 0 Å². The van der Waals surface area contributed by atoms with E-state index in [1.807, 2.05) is 107 Å². The van der Waals surface area contributed by atoms with E-state index in [0.29, 0.717) is 121 Å². The number of aryl methyl sites for hydroxylation is 3. The average molecular weight is 1950 g/mol. The van der Waals surface area contributed by atoms with Crippen molar-refractivity contribution in [3.05, 3.63) is 383 Å². The van der Waals surface area contributed by atoms with Crippen LogP contribution in [0.2, 0.25) is 0 Å². The Balaban J connectivity index is 0.000000155. The number of benzene rings is 10. The Morgan fingerprint density at radius 3 is 1.53 bits per heavy atom. The van der Waals surface area contributed by atoms with E-state index < -0.39 is 59.2 Å². The highest BCUT2D eigenvalue weighted by Crippen LogP contribution is 2.31. The van der Waals surface area contributed by atoms with Gasteiger partial charge in [-0.25, -0.2) is 52.3 Å². The van der Waals surface area contributed by atoms with Crippen molar-refractivity contribution in [3.63, 3.8) is 0 Å². The Hall–Kier alpha value is -17.5. The summed E-state index contributed by atoms with van der Waals surface area (Å²) < 4.78 is 57.4. The number of amides is 5. The summed E-state index contributed by atoms with van der Waals surface area (Å²) in [7, 11) is 3.29. The predicted molar refractivity (Wildman–Crippen MR) is 522 cm³/mol. The predicted octanol–water partition coefficient (Wildman–Crippen LogP) is 12.1. The van der Waals surface area contributed by atoms with Crippen LogP contribution in [0, 0.1) is 19.8 Å². The number of hydrogen-bond donors (Lipinski definition) is 13. The second-order valence-corrected chi connectivity index (χ2v) is 33.8. The van der Waals surface area contributed by atoms with Crippen molar-refractivity contribution in [1.82, 2.24) is 90.3 Å². The minimum absolute atomic E-state index is 0.00143. The quantitative estimate of drug-likeness (QED) is 0.0180. The van der Waals surface area contributed by atoms with Gasteiger partial charge in [0.15, 0.2) is 11.6 Å². The Morgan fingerprint density at radius 1 is 0.476 bits per heavy atom. The standard InChI is InChI=1S/C22H18F3N5O3.C20H21N3O4.C18H16N2O4.C18H16N2O3.C14H17N3O3.C10H9N3O3/c1-2-30-18(9-10-26-30)19-27-17-11-14(20(31)28-33)5-8-16(17)21(32)29(19)12-13-3-6-15(7-4-13)22(23,24)25;1-20(2,3)13-5-4-6-14(10-13)27-11-17-21-16-9-12(18(24)23-26)7-8-15(16)19(25)22-17;1-24-15-4-2-3-12(9-15)11-20-8-7-13-5-6-14(17(21)19-23)10-16(13)18(20)22;1-12-3-2-4-13(7-12)9-20-11-19-16-8-14(17(22)10-21)5-6-15(16)18(20)23;1-8(2)6-12-15-11-7-9(13(18)16-20)4-5-10(11)14(19)17(12)3;1-5-11-8-4-6(9(14)13-16)2-3-7(8)10(15)12-5/h3-11,33H,2,12H2,1H3,(H,28,31);4-10,26H,11H2,1-3H3,(H,23,24)(H,21,22,25);2-10,23H,11H2,1H3,(H,19,21);2-8,11,21H,9-10H2,1H3;4-5,7-8,20H,6H2,1-3H3,(H,16,18);2-4,16H,1H3,(H,13,14)(H,11,12,15). The fourth-order valence-corrected chi connectivity index (χ4v) is 14.8. The van der Waals surface area contributed by atoms with Crippen LogP contribution < -0.4 is 70.2 Å². The number of ketones is 1. The number of aliphatic hydroxyl groups is 1. The monoisotopic (exact) mass is 1950 g/mol. The number of aromatic amines is 2. The third kappa shape index (κ3) is 25.7. The number of aliphatic hydroxyl groups excluding tert-OH is 1. The number of carbonyl (C=O) groups is 6. The molecule has 0 atom stereocenters. The summed E-state index contributed by atoms with van der Waals surface area (Å²) in [5.74, 6) is -0.222. The minimum Gasteiger partial charge on any atom is -0.497 e. The smallest absolute Gasteiger partial charge is 0.416 e. The number of aromatic nitrogens is 13. The highest BCUT2D eigenvalue weighted by Gasteiger charge is 2.31. The molecule has 0 saturated heterocycles. The van der Waals surface area contributed by atoms with Crippen molar-refractivity contribution >= 4 is 101 Å². The third-order valence-corrected chi connectivity index (χ3v) is 22.2. The lowest BCUT2D eigenvalue weighted by atomic mass is 9.87. The van der Waals surface area contributed by atoms with Gasteiger partial charge < -0.3 is 29.1 Å². The zero-order chi connectivity index (χ0) is 103. The SMILES string of the molecule is CC(C)(C)c1cccc(OCc2nc3cc(C(=O)NO)ccc3c(=O)[nH]2)c1.CC(C)Cc1nc2cc(C(=O)NO)ccc2c(=O)n1C.CCn1nccc1-c1nc2cc(C(=O)NO)ccc2c(=O)n1Cc1ccc(C(F)(F)F)cc1.COc1cccc(Cn2ccc3ccc(C(=O)NO)cc3c2=O)c1.Cc1cccc(Cn2cnc3cc(C(=O)CO)ccc3c2=O)c1.Cc1nc2cc(C(=O)NO)ccc2c(=O)[nH]1. The molecule has 0 bridgehead atoms. The lowest BCUT2D eigenvalue weighted by Crippen LogP contribution is -2.25. The Kier molecular flexibility index (Phi) is 33.8. The lowest BCUT2D eigenvalue weighted by molar-refractivity contribution is -0.137. The largest absolute Gasteiger partial charge is 0.497 e.